The summed E-state index contributed by atoms with van der Waals surface area (Å²) in [5.41, 5.74) is 3.03. The molecular formula is C25H33Cl2NO5S. The zero-order chi connectivity index (χ0) is 24.6. The third kappa shape index (κ3) is 7.65. The predicted molar refractivity (Wildman–Crippen MR) is 136 cm³/mol. The van der Waals surface area contributed by atoms with Crippen molar-refractivity contribution in [3.63, 3.8) is 0 Å². The van der Waals surface area contributed by atoms with Crippen LogP contribution in [0.3, 0.4) is 0 Å². The zero-order valence-corrected chi connectivity index (χ0v) is 22.1. The van der Waals surface area contributed by atoms with Crippen LogP contribution in [0.4, 0.5) is 0 Å². The second-order valence-corrected chi connectivity index (χ2v) is 11.3. The fraction of sp³-hybridized carbons (Fsp3) is 0.520. The molecule has 188 valence electrons. The van der Waals surface area contributed by atoms with Crippen molar-refractivity contribution in [1.82, 2.24) is 4.90 Å². The molecule has 1 heterocycles. The molecule has 9 heteroatoms. The molecule has 0 spiro atoms. The number of fused-ring (bicyclic) bond motifs is 1. The van der Waals surface area contributed by atoms with E-state index >= 15 is 0 Å². The third-order valence-electron chi connectivity index (χ3n) is 5.76. The van der Waals surface area contributed by atoms with Gasteiger partial charge in [0.15, 0.2) is 9.84 Å². The Bertz CT molecular complexity index is 1050. The lowest BCUT2D eigenvalue weighted by atomic mass is 9.85. The number of sulfone groups is 1. The van der Waals surface area contributed by atoms with Gasteiger partial charge in [0, 0.05) is 42.3 Å². The summed E-state index contributed by atoms with van der Waals surface area (Å²) >= 11 is 12.8. The van der Waals surface area contributed by atoms with Crippen molar-refractivity contribution in [2.24, 2.45) is 0 Å². The van der Waals surface area contributed by atoms with Crippen molar-refractivity contribution in [2.45, 2.75) is 30.7 Å². The molecule has 2 aromatic rings. The molecule has 0 bridgehead atoms. The number of rotatable bonds is 13. The maximum absolute atomic E-state index is 13.0. The Morgan fingerprint density at radius 1 is 1.00 bits per heavy atom. The van der Waals surface area contributed by atoms with Gasteiger partial charge in [0.05, 0.1) is 37.1 Å². The average molecular weight is 531 g/mol. The number of hydrogen-bond donors (Lipinski definition) is 0. The molecule has 0 saturated carbocycles. The predicted octanol–water partition coefficient (Wildman–Crippen LogP) is 4.80. The van der Waals surface area contributed by atoms with Gasteiger partial charge in [0.25, 0.3) is 0 Å². The molecule has 0 aromatic heterocycles. The van der Waals surface area contributed by atoms with Gasteiger partial charge in [-0.1, -0.05) is 35.3 Å². The quantitative estimate of drug-likeness (QED) is 0.347. The van der Waals surface area contributed by atoms with E-state index in [1.165, 1.54) is 0 Å². The van der Waals surface area contributed by atoms with E-state index in [0.29, 0.717) is 61.0 Å². The molecule has 2 aromatic carbocycles. The number of hydrogen-bond acceptors (Lipinski definition) is 6. The maximum Gasteiger partial charge on any atom is 0.178 e. The van der Waals surface area contributed by atoms with Crippen LogP contribution in [-0.4, -0.2) is 72.3 Å². The monoisotopic (exact) mass is 529 g/mol. The Morgan fingerprint density at radius 3 is 2.44 bits per heavy atom. The molecule has 0 aliphatic carbocycles. The van der Waals surface area contributed by atoms with Gasteiger partial charge in [-0.15, -0.1) is 0 Å². The van der Waals surface area contributed by atoms with E-state index < -0.39 is 9.84 Å². The van der Waals surface area contributed by atoms with Gasteiger partial charge in [0.1, 0.15) is 0 Å². The summed E-state index contributed by atoms with van der Waals surface area (Å²) in [7, 11) is -1.40. The average Bonchev–Trinajstić information content (AvgIpc) is 2.80. The molecule has 0 radical (unpaired) electrons. The van der Waals surface area contributed by atoms with Crippen LogP contribution in [0.25, 0.3) is 0 Å². The number of nitrogens with zero attached hydrogens (tertiary/aromatic N) is 1. The summed E-state index contributed by atoms with van der Waals surface area (Å²) < 4.78 is 42.0. The van der Waals surface area contributed by atoms with Crippen LogP contribution in [-0.2, 0) is 30.6 Å². The minimum atomic E-state index is -3.43. The van der Waals surface area contributed by atoms with Crippen molar-refractivity contribution < 1.29 is 22.6 Å². The van der Waals surface area contributed by atoms with E-state index in [1.807, 2.05) is 26.1 Å². The zero-order valence-electron chi connectivity index (χ0n) is 19.8. The van der Waals surface area contributed by atoms with E-state index in [4.69, 9.17) is 37.4 Å². The van der Waals surface area contributed by atoms with Gasteiger partial charge in [-0.3, -0.25) is 0 Å². The highest BCUT2D eigenvalue weighted by molar-refractivity contribution is 7.91. The second-order valence-electron chi connectivity index (χ2n) is 8.37. The lowest BCUT2D eigenvalue weighted by molar-refractivity contribution is 0.0172. The van der Waals surface area contributed by atoms with Crippen molar-refractivity contribution >= 4 is 33.0 Å². The summed E-state index contributed by atoms with van der Waals surface area (Å²) in [6, 6.07) is 10.9. The fourth-order valence-electron chi connectivity index (χ4n) is 4.11. The molecule has 3 rings (SSSR count). The summed E-state index contributed by atoms with van der Waals surface area (Å²) in [5.74, 6) is 0.0201. The molecule has 1 unspecified atom stereocenters. The molecule has 0 fully saturated rings. The smallest absolute Gasteiger partial charge is 0.178 e. The van der Waals surface area contributed by atoms with Crippen molar-refractivity contribution in [3.8, 4) is 0 Å². The van der Waals surface area contributed by atoms with Crippen LogP contribution >= 0.6 is 23.2 Å². The minimum Gasteiger partial charge on any atom is -0.379 e. The molecular weight excluding hydrogens is 497 g/mol. The Hall–Kier alpha value is -1.19. The van der Waals surface area contributed by atoms with Crippen molar-refractivity contribution in [1.29, 1.82) is 0 Å². The van der Waals surface area contributed by atoms with Gasteiger partial charge < -0.3 is 19.1 Å². The first-order valence-corrected chi connectivity index (χ1v) is 13.9. The normalized spacial score (nSPS) is 16.5. The fourth-order valence-corrected chi connectivity index (χ4v) is 6.01. The molecule has 0 N–H and O–H groups in total. The third-order valence-corrected chi connectivity index (χ3v) is 8.12. The Morgan fingerprint density at radius 2 is 1.71 bits per heavy atom. The molecule has 0 saturated heterocycles. The lowest BCUT2D eigenvalue weighted by Gasteiger charge is -2.33. The van der Waals surface area contributed by atoms with Crippen LogP contribution in [0.5, 0.6) is 0 Å². The largest absolute Gasteiger partial charge is 0.379 e. The van der Waals surface area contributed by atoms with Crippen LogP contribution in [0.15, 0.2) is 41.3 Å². The summed E-state index contributed by atoms with van der Waals surface area (Å²) in [5, 5.41) is 1.23. The summed E-state index contributed by atoms with van der Waals surface area (Å²) in [6.45, 7) is 6.46. The van der Waals surface area contributed by atoms with E-state index in [2.05, 4.69) is 4.90 Å². The van der Waals surface area contributed by atoms with Gasteiger partial charge >= 0.3 is 0 Å². The topological polar surface area (TPSA) is 65.1 Å². The highest BCUT2D eigenvalue weighted by atomic mass is 35.5. The van der Waals surface area contributed by atoms with E-state index in [0.717, 1.165) is 29.8 Å². The van der Waals surface area contributed by atoms with Gasteiger partial charge in [0.2, 0.25) is 0 Å². The van der Waals surface area contributed by atoms with Crippen LogP contribution in [0, 0.1) is 0 Å². The second kappa shape index (κ2) is 13.2. The summed E-state index contributed by atoms with van der Waals surface area (Å²) in [4.78, 5) is 2.51. The SMILES string of the molecule is CCOCCOCCOCCCS(=O)(=O)c1cccc(C2CN(C)Cc3c(Cl)cc(Cl)cc32)c1. The molecule has 1 aliphatic heterocycles. The molecule has 34 heavy (non-hydrogen) atoms. The summed E-state index contributed by atoms with van der Waals surface area (Å²) in [6.07, 6.45) is 0.422. The Labute approximate surface area is 213 Å². The maximum atomic E-state index is 13.0. The van der Waals surface area contributed by atoms with E-state index in [1.54, 1.807) is 24.3 Å². The van der Waals surface area contributed by atoms with Crippen LogP contribution in [0.1, 0.15) is 36.0 Å². The molecule has 1 aliphatic rings. The first-order chi connectivity index (χ1) is 16.3. The molecule has 6 nitrogen and oxygen atoms in total. The standard InChI is InChI=1S/C25H33Cl2NO5S/c1-3-31-9-10-33-12-11-32-8-5-13-34(29,30)21-7-4-6-19(14-21)23-17-28(2)18-24-22(23)15-20(26)16-25(24)27/h4,6-7,14-16,23H,3,5,8-13,17-18H2,1-2H3. The Kier molecular flexibility index (Phi) is 10.6. The Balaban J connectivity index is 1.59. The van der Waals surface area contributed by atoms with Crippen molar-refractivity contribution in [3.05, 3.63) is 63.1 Å². The van der Waals surface area contributed by atoms with Crippen molar-refractivity contribution in [2.75, 3.05) is 59.0 Å². The highest BCUT2D eigenvalue weighted by Gasteiger charge is 2.28. The van der Waals surface area contributed by atoms with Gasteiger partial charge in [-0.05, 0) is 61.3 Å². The molecule has 0 amide bonds. The van der Waals surface area contributed by atoms with E-state index in [9.17, 15) is 8.42 Å². The van der Waals surface area contributed by atoms with Gasteiger partial charge in [-0.2, -0.15) is 0 Å². The first kappa shape index (κ1) is 27.4. The number of halogens is 2. The van der Waals surface area contributed by atoms with E-state index in [-0.39, 0.29) is 11.7 Å². The number of benzene rings is 2. The number of ether oxygens (including phenoxy) is 3. The van der Waals surface area contributed by atoms with Crippen LogP contribution < -0.4 is 0 Å². The van der Waals surface area contributed by atoms with Crippen LogP contribution in [0.2, 0.25) is 10.0 Å². The first-order valence-electron chi connectivity index (χ1n) is 11.5. The van der Waals surface area contributed by atoms with Gasteiger partial charge in [-0.25, -0.2) is 8.42 Å². The molecule has 1 atom stereocenters. The highest BCUT2D eigenvalue weighted by Crippen LogP contribution is 2.38. The lowest BCUT2D eigenvalue weighted by Crippen LogP contribution is -2.31. The number of likely N-dealkylation sites (N-methyl/N-ethyl adjacent to an activating group) is 1. The minimum absolute atomic E-state index is 0.00819.